The van der Waals surface area contributed by atoms with Crippen LogP contribution < -0.4 is 10.2 Å². The highest BCUT2D eigenvalue weighted by Gasteiger charge is 2.37. The molecule has 2 bridgehead atoms. The van der Waals surface area contributed by atoms with Gasteiger partial charge >= 0.3 is 0 Å². The minimum Gasteiger partial charge on any atom is -0.365 e. The van der Waals surface area contributed by atoms with Gasteiger partial charge in [-0.1, -0.05) is 32.6 Å². The van der Waals surface area contributed by atoms with Crippen molar-refractivity contribution >= 4 is 28.7 Å². The van der Waals surface area contributed by atoms with Crippen molar-refractivity contribution in [3.8, 4) is 11.3 Å². The van der Waals surface area contributed by atoms with Gasteiger partial charge in [0.05, 0.1) is 29.0 Å². The van der Waals surface area contributed by atoms with Crippen LogP contribution in [-0.4, -0.2) is 68.8 Å². The van der Waals surface area contributed by atoms with E-state index in [1.807, 2.05) is 24.9 Å². The summed E-state index contributed by atoms with van der Waals surface area (Å²) in [5.41, 5.74) is 10.9. The maximum Gasteiger partial charge on any atom is 0.208 e. The number of fused-ring (bicyclic) bond motifs is 7. The summed E-state index contributed by atoms with van der Waals surface area (Å²) in [6.45, 7) is 17.1. The van der Waals surface area contributed by atoms with Crippen molar-refractivity contribution in [2.75, 3.05) is 36.4 Å². The molecule has 8 rings (SSSR count). The summed E-state index contributed by atoms with van der Waals surface area (Å²) in [5, 5.41) is 8.24. The Morgan fingerprint density at radius 3 is 2.48 bits per heavy atom. The first-order valence-electron chi connectivity index (χ1n) is 19.7. The number of aromatic nitrogens is 3. The Hall–Kier alpha value is -4.83. The summed E-state index contributed by atoms with van der Waals surface area (Å²) in [6.07, 6.45) is 11.3. The van der Waals surface area contributed by atoms with E-state index in [1.54, 1.807) is 0 Å². The minimum absolute atomic E-state index is 0.411. The maximum atomic E-state index is 13.8. The number of halogens is 2. The minimum atomic E-state index is -0.509. The van der Waals surface area contributed by atoms with Crippen LogP contribution in [0.5, 0.6) is 0 Å². The first kappa shape index (κ1) is 36.2. The average Bonchev–Trinajstić information content (AvgIpc) is 3.83. The van der Waals surface area contributed by atoms with Crippen LogP contribution in [0.1, 0.15) is 79.9 Å². The largest absolute Gasteiger partial charge is 0.365 e. The number of piperidine rings is 1. The molecule has 1 saturated carbocycles. The number of aryl methyl sites for hydroxylation is 2. The molecule has 10 heteroatoms. The molecule has 1 N–H and O–H groups in total. The van der Waals surface area contributed by atoms with E-state index in [0.717, 1.165) is 122 Å². The molecule has 2 aromatic heterocycles. The fraction of sp³-hybridized carbons (Fsp3) is 0.432. The standard InChI is InChI=1S/C44H52F2N8/c1-28-8-6-7-9-42-39(26-47-51(42)5)41-23-34(20-29(2)48-41)30(3)49-44-50-40-13-10-33(24-43(40)53(44)27-28)31(4)54(37-11-12-37)38-15-18-52(19-16-38)17-14-32-21-35(45)25-36(46)22-32/h10,13,20-26,28,37-38H,3-4,6-9,11-12,14-19,27H2,1-2,5H3,(H,49,50)/t28-/m1/s1. The molecule has 5 heterocycles. The number of rotatable bonds is 7. The number of hydrogen-bond donors (Lipinski definition) is 1. The number of aliphatic imine (C=N–C) groups is 1. The van der Waals surface area contributed by atoms with E-state index in [2.05, 4.69) is 68.9 Å². The number of pyridine rings is 1. The zero-order valence-corrected chi connectivity index (χ0v) is 31.9. The molecule has 4 aromatic rings. The van der Waals surface area contributed by atoms with Crippen LogP contribution >= 0.6 is 0 Å². The third kappa shape index (κ3) is 7.71. The predicted molar refractivity (Wildman–Crippen MR) is 215 cm³/mol. The van der Waals surface area contributed by atoms with E-state index in [1.165, 1.54) is 30.7 Å². The maximum absolute atomic E-state index is 13.8. The topological polar surface area (TPSA) is 64.8 Å². The second-order valence-corrected chi connectivity index (χ2v) is 15.9. The lowest BCUT2D eigenvalue weighted by Crippen LogP contribution is -2.45. The van der Waals surface area contributed by atoms with E-state index in [-0.39, 0.29) is 0 Å². The van der Waals surface area contributed by atoms with Crippen molar-refractivity contribution in [2.45, 2.75) is 83.7 Å². The Kier molecular flexibility index (Phi) is 10.1. The van der Waals surface area contributed by atoms with Crippen molar-refractivity contribution in [2.24, 2.45) is 18.0 Å². The zero-order chi connectivity index (χ0) is 37.5. The molecule has 4 aliphatic rings. The molecule has 1 atom stereocenters. The smallest absolute Gasteiger partial charge is 0.208 e. The fourth-order valence-corrected chi connectivity index (χ4v) is 8.65. The number of likely N-dealkylation sites (tertiary alicyclic amines) is 1. The first-order valence-corrected chi connectivity index (χ1v) is 19.7. The van der Waals surface area contributed by atoms with Gasteiger partial charge in [-0.2, -0.15) is 5.10 Å². The highest BCUT2D eigenvalue weighted by molar-refractivity contribution is 6.16. The number of guanidine groups is 1. The van der Waals surface area contributed by atoms with Crippen LogP contribution in [0.4, 0.5) is 20.2 Å². The molecule has 1 aliphatic carbocycles. The van der Waals surface area contributed by atoms with Gasteiger partial charge in [-0.15, -0.1) is 0 Å². The van der Waals surface area contributed by atoms with Gasteiger partial charge in [0, 0.05) is 79.6 Å². The Balaban J connectivity index is 1.02. The van der Waals surface area contributed by atoms with Crippen LogP contribution in [0.15, 0.2) is 72.9 Å². The van der Waals surface area contributed by atoms with E-state index in [4.69, 9.17) is 16.6 Å². The van der Waals surface area contributed by atoms with Crippen molar-refractivity contribution in [1.29, 1.82) is 0 Å². The van der Waals surface area contributed by atoms with Crippen LogP contribution in [0.3, 0.4) is 0 Å². The Bertz CT molecular complexity index is 2070. The summed E-state index contributed by atoms with van der Waals surface area (Å²) in [5.74, 6) is 0.220. The molecule has 0 radical (unpaired) electrons. The van der Waals surface area contributed by atoms with Gasteiger partial charge in [0.25, 0.3) is 0 Å². The molecule has 0 spiro atoms. The number of hydrogen-bond acceptors (Lipinski definition) is 7. The lowest BCUT2D eigenvalue weighted by molar-refractivity contribution is 0.145. The lowest BCUT2D eigenvalue weighted by atomic mass is 9.99. The lowest BCUT2D eigenvalue weighted by Gasteiger charge is -2.41. The molecule has 8 nitrogen and oxygen atoms in total. The van der Waals surface area contributed by atoms with Crippen LogP contribution in [-0.2, 0) is 19.9 Å². The molecular formula is C44H52F2N8. The second kappa shape index (κ2) is 15.1. The third-order valence-electron chi connectivity index (χ3n) is 11.7. The Morgan fingerprint density at radius 2 is 1.72 bits per heavy atom. The molecule has 2 fully saturated rings. The van der Waals surface area contributed by atoms with E-state index < -0.39 is 11.6 Å². The van der Waals surface area contributed by atoms with Gasteiger partial charge in [0.1, 0.15) is 11.6 Å². The summed E-state index contributed by atoms with van der Waals surface area (Å²) >= 11 is 0. The monoisotopic (exact) mass is 730 g/mol. The number of anilines is 2. The zero-order valence-electron chi connectivity index (χ0n) is 31.9. The van der Waals surface area contributed by atoms with Gasteiger partial charge < -0.3 is 20.0 Å². The average molecular weight is 731 g/mol. The molecule has 2 aromatic carbocycles. The number of benzene rings is 2. The van der Waals surface area contributed by atoms with E-state index in [9.17, 15) is 8.78 Å². The summed E-state index contributed by atoms with van der Waals surface area (Å²) < 4.78 is 29.5. The molecule has 0 amide bonds. The van der Waals surface area contributed by atoms with Crippen molar-refractivity contribution < 1.29 is 8.78 Å². The van der Waals surface area contributed by atoms with Gasteiger partial charge in [-0.05, 0) is 112 Å². The SMILES string of the molecule is C=C1/N=C2\Nc3ccc(C(=C)N(C4CC4)C4CCN(CCc5cc(F)cc(F)c5)CC4)cc3N2C[C@H](C)CCCCc2c(cnn2C)-c2cc1cc(C)n2. The normalized spacial score (nSPS) is 20.5. The Morgan fingerprint density at radius 1 is 0.963 bits per heavy atom. The molecule has 1 saturated heterocycles. The predicted octanol–water partition coefficient (Wildman–Crippen LogP) is 8.83. The van der Waals surface area contributed by atoms with Gasteiger partial charge in [0.2, 0.25) is 5.96 Å². The Labute approximate surface area is 318 Å². The van der Waals surface area contributed by atoms with Crippen molar-refractivity contribution in [1.82, 2.24) is 24.6 Å². The van der Waals surface area contributed by atoms with E-state index >= 15 is 0 Å². The number of nitrogens with zero attached hydrogens (tertiary/aromatic N) is 7. The number of nitrogens with one attached hydrogen (secondary N) is 1. The quantitative estimate of drug-likeness (QED) is 0.205. The van der Waals surface area contributed by atoms with Gasteiger partial charge in [-0.25, -0.2) is 13.8 Å². The summed E-state index contributed by atoms with van der Waals surface area (Å²) in [6, 6.07) is 15.6. The molecule has 3 aliphatic heterocycles. The summed E-state index contributed by atoms with van der Waals surface area (Å²) in [7, 11) is 2.02. The van der Waals surface area contributed by atoms with Crippen molar-refractivity contribution in [3.05, 3.63) is 108 Å². The summed E-state index contributed by atoms with van der Waals surface area (Å²) in [4.78, 5) is 17.4. The molecule has 282 valence electrons. The van der Waals surface area contributed by atoms with Gasteiger partial charge in [-0.3, -0.25) is 9.67 Å². The molecule has 54 heavy (non-hydrogen) atoms. The van der Waals surface area contributed by atoms with Crippen molar-refractivity contribution in [3.63, 3.8) is 0 Å². The van der Waals surface area contributed by atoms with Crippen LogP contribution in [0, 0.1) is 24.5 Å². The van der Waals surface area contributed by atoms with E-state index in [0.29, 0.717) is 35.7 Å². The van der Waals surface area contributed by atoms with Crippen LogP contribution in [0.2, 0.25) is 0 Å². The molecular weight excluding hydrogens is 679 g/mol. The van der Waals surface area contributed by atoms with Crippen LogP contribution in [0.25, 0.3) is 22.7 Å². The second-order valence-electron chi connectivity index (χ2n) is 15.9. The molecule has 0 unspecified atom stereocenters. The van der Waals surface area contributed by atoms with Gasteiger partial charge in [0.15, 0.2) is 0 Å². The highest BCUT2D eigenvalue weighted by Crippen LogP contribution is 2.41. The first-order chi connectivity index (χ1) is 26.1. The third-order valence-corrected chi connectivity index (χ3v) is 11.7. The fourth-order valence-electron chi connectivity index (χ4n) is 8.65. The highest BCUT2D eigenvalue weighted by atomic mass is 19.1.